The summed E-state index contributed by atoms with van der Waals surface area (Å²) in [6, 6.07) is 0. The molecule has 1 saturated carbocycles. The summed E-state index contributed by atoms with van der Waals surface area (Å²) in [5, 5.41) is 0. The summed E-state index contributed by atoms with van der Waals surface area (Å²) >= 11 is 0. The molecule has 4 N–H and O–H groups in total. The van der Waals surface area contributed by atoms with Crippen LogP contribution in [0.5, 0.6) is 0 Å². The van der Waals surface area contributed by atoms with Gasteiger partial charge >= 0.3 is 21.1 Å². The first-order valence-corrected chi connectivity index (χ1v) is 3.28. The zero-order valence-electron chi connectivity index (χ0n) is 5.45. The molecule has 3 heteroatoms. The minimum Gasteiger partial charge on any atom is -0.330 e. The maximum absolute atomic E-state index is 5.44. The fourth-order valence-corrected chi connectivity index (χ4v) is 1.26. The van der Waals surface area contributed by atoms with Gasteiger partial charge in [0.25, 0.3) is 0 Å². The predicted molar refractivity (Wildman–Crippen MR) is 34.3 cm³/mol. The molecule has 1 rings (SSSR count). The Kier molecular flexibility index (Phi) is 4.73. The van der Waals surface area contributed by atoms with Gasteiger partial charge in [0.1, 0.15) is 0 Å². The normalized spacial score (nSPS) is 32.7. The number of hydrogen-bond acceptors (Lipinski definition) is 2. The average Bonchev–Trinajstić information content (AvgIpc) is 1.66. The molecule has 0 saturated heterocycles. The molecule has 1 aliphatic carbocycles. The van der Waals surface area contributed by atoms with Crippen molar-refractivity contribution in [1.29, 1.82) is 0 Å². The Morgan fingerprint density at radius 1 is 1.00 bits per heavy atom. The maximum atomic E-state index is 5.44. The summed E-state index contributed by atoms with van der Waals surface area (Å²) < 4.78 is 0. The molecule has 2 atom stereocenters. The number of nitrogens with two attached hydrogens (primary N) is 2. The standard InChI is InChI=1S/C6H14N2.Pt/c7-3-5-1-2-6(5)4-8;/h5-6H,1-4,7-8H2;/q;+4. The van der Waals surface area contributed by atoms with Gasteiger partial charge in [-0.05, 0) is 37.8 Å². The van der Waals surface area contributed by atoms with E-state index in [1.165, 1.54) is 12.8 Å². The molecule has 0 heterocycles. The van der Waals surface area contributed by atoms with Crippen LogP contribution in [-0.4, -0.2) is 13.1 Å². The van der Waals surface area contributed by atoms with Gasteiger partial charge in [-0.2, -0.15) is 0 Å². The Hall–Kier alpha value is 0.608. The Morgan fingerprint density at radius 2 is 1.33 bits per heavy atom. The van der Waals surface area contributed by atoms with Crippen LogP contribution in [0, 0.1) is 11.8 Å². The summed E-state index contributed by atoms with van der Waals surface area (Å²) in [4.78, 5) is 0. The minimum atomic E-state index is 0. The number of rotatable bonds is 2. The zero-order valence-corrected chi connectivity index (χ0v) is 7.73. The van der Waals surface area contributed by atoms with E-state index in [2.05, 4.69) is 0 Å². The predicted octanol–water partition coefficient (Wildman–Crippen LogP) is -0.0725. The van der Waals surface area contributed by atoms with Crippen molar-refractivity contribution in [2.75, 3.05) is 13.1 Å². The summed E-state index contributed by atoms with van der Waals surface area (Å²) in [5.41, 5.74) is 10.9. The van der Waals surface area contributed by atoms with E-state index in [9.17, 15) is 0 Å². The Bertz CT molecular complexity index is 63.5. The molecular weight excluding hydrogens is 295 g/mol. The first-order valence-electron chi connectivity index (χ1n) is 3.28. The molecule has 1 aliphatic rings. The summed E-state index contributed by atoms with van der Waals surface area (Å²) in [5.74, 6) is 1.50. The molecule has 0 bridgehead atoms. The van der Waals surface area contributed by atoms with Crippen LogP contribution >= 0.6 is 0 Å². The molecule has 0 radical (unpaired) electrons. The molecule has 0 spiro atoms. The van der Waals surface area contributed by atoms with E-state index in [4.69, 9.17) is 11.5 Å². The van der Waals surface area contributed by atoms with Gasteiger partial charge in [-0.1, -0.05) is 0 Å². The first-order chi connectivity index (χ1) is 3.88. The average molecular weight is 309 g/mol. The second-order valence-electron chi connectivity index (χ2n) is 2.57. The van der Waals surface area contributed by atoms with Gasteiger partial charge in [0.15, 0.2) is 0 Å². The van der Waals surface area contributed by atoms with Gasteiger partial charge in [0, 0.05) is 0 Å². The van der Waals surface area contributed by atoms with Crippen molar-refractivity contribution < 1.29 is 21.1 Å². The summed E-state index contributed by atoms with van der Waals surface area (Å²) in [7, 11) is 0. The van der Waals surface area contributed by atoms with Gasteiger partial charge in [-0.3, -0.25) is 0 Å². The molecule has 54 valence electrons. The second kappa shape index (κ2) is 4.43. The third-order valence-electron chi connectivity index (χ3n) is 2.18. The molecule has 0 aromatic rings. The molecule has 0 aromatic carbocycles. The smallest absolute Gasteiger partial charge is 0.330 e. The van der Waals surface area contributed by atoms with Gasteiger partial charge in [0.2, 0.25) is 0 Å². The second-order valence-corrected chi connectivity index (χ2v) is 2.57. The molecule has 2 nitrogen and oxygen atoms in total. The van der Waals surface area contributed by atoms with E-state index in [0.717, 1.165) is 24.9 Å². The summed E-state index contributed by atoms with van der Waals surface area (Å²) in [6.07, 6.45) is 2.61. The van der Waals surface area contributed by atoms with Crippen LogP contribution in [0.4, 0.5) is 0 Å². The van der Waals surface area contributed by atoms with Crippen LogP contribution in [0.15, 0.2) is 0 Å². The van der Waals surface area contributed by atoms with Crippen LogP contribution in [0.3, 0.4) is 0 Å². The summed E-state index contributed by atoms with van der Waals surface area (Å²) in [6.45, 7) is 1.67. The molecule has 2 unspecified atom stereocenters. The van der Waals surface area contributed by atoms with Gasteiger partial charge in [-0.15, -0.1) is 0 Å². The Balaban J connectivity index is 0.000000640. The fourth-order valence-electron chi connectivity index (χ4n) is 1.26. The molecule has 0 aliphatic heterocycles. The van der Waals surface area contributed by atoms with Gasteiger partial charge < -0.3 is 11.5 Å². The van der Waals surface area contributed by atoms with Crippen molar-refractivity contribution in [3.05, 3.63) is 0 Å². The fraction of sp³-hybridized carbons (Fsp3) is 1.00. The monoisotopic (exact) mass is 309 g/mol. The van der Waals surface area contributed by atoms with E-state index < -0.39 is 0 Å². The van der Waals surface area contributed by atoms with Crippen molar-refractivity contribution in [2.24, 2.45) is 23.3 Å². The van der Waals surface area contributed by atoms with Crippen molar-refractivity contribution in [3.63, 3.8) is 0 Å². The molecule has 1 fully saturated rings. The van der Waals surface area contributed by atoms with Crippen molar-refractivity contribution >= 4 is 0 Å². The molecular formula is C6H14N2Pt+4. The Morgan fingerprint density at radius 3 is 1.44 bits per heavy atom. The third-order valence-corrected chi connectivity index (χ3v) is 2.18. The first kappa shape index (κ1) is 9.61. The van der Waals surface area contributed by atoms with Crippen LogP contribution in [0.2, 0.25) is 0 Å². The van der Waals surface area contributed by atoms with E-state index in [-0.39, 0.29) is 21.1 Å². The molecule has 9 heavy (non-hydrogen) atoms. The van der Waals surface area contributed by atoms with Crippen LogP contribution in [-0.2, 0) is 21.1 Å². The third kappa shape index (κ3) is 2.03. The largest absolute Gasteiger partial charge is 4.00 e. The van der Waals surface area contributed by atoms with E-state index >= 15 is 0 Å². The van der Waals surface area contributed by atoms with Gasteiger partial charge in [-0.25, -0.2) is 0 Å². The van der Waals surface area contributed by atoms with Gasteiger partial charge in [0.05, 0.1) is 0 Å². The van der Waals surface area contributed by atoms with Crippen molar-refractivity contribution in [2.45, 2.75) is 12.8 Å². The van der Waals surface area contributed by atoms with Crippen molar-refractivity contribution in [1.82, 2.24) is 0 Å². The van der Waals surface area contributed by atoms with Crippen LogP contribution in [0.25, 0.3) is 0 Å². The van der Waals surface area contributed by atoms with E-state index in [0.29, 0.717) is 0 Å². The molecule has 0 aromatic heterocycles. The Labute approximate surface area is 70.6 Å². The molecule has 0 amide bonds. The topological polar surface area (TPSA) is 52.0 Å². The van der Waals surface area contributed by atoms with Crippen LogP contribution in [0.1, 0.15) is 12.8 Å². The number of hydrogen-bond donors (Lipinski definition) is 2. The van der Waals surface area contributed by atoms with Crippen molar-refractivity contribution in [3.8, 4) is 0 Å². The zero-order chi connectivity index (χ0) is 5.98. The minimum absolute atomic E-state index is 0. The quantitative estimate of drug-likeness (QED) is 0.750. The maximum Gasteiger partial charge on any atom is 4.00 e. The SMILES string of the molecule is NCC1CCC1CN.[Pt+4]. The van der Waals surface area contributed by atoms with Crippen LogP contribution < -0.4 is 11.5 Å². The van der Waals surface area contributed by atoms with E-state index in [1.54, 1.807) is 0 Å². The van der Waals surface area contributed by atoms with E-state index in [1.807, 2.05) is 0 Å².